The fourth-order valence-electron chi connectivity index (χ4n) is 2.73. The third-order valence-electron chi connectivity index (χ3n) is 4.14. The summed E-state index contributed by atoms with van der Waals surface area (Å²) in [4.78, 5) is 22.9. The smallest absolute Gasteiger partial charge is 0.255 e. The van der Waals surface area contributed by atoms with Crippen LogP contribution in [0.25, 0.3) is 0 Å². The van der Waals surface area contributed by atoms with Gasteiger partial charge in [-0.05, 0) is 25.5 Å². The zero-order chi connectivity index (χ0) is 17.6. The molecule has 0 N–H and O–H groups in total. The Morgan fingerprint density at radius 2 is 2.28 bits per heavy atom. The van der Waals surface area contributed by atoms with Crippen molar-refractivity contribution in [3.05, 3.63) is 41.3 Å². The van der Waals surface area contributed by atoms with Gasteiger partial charge in [-0.1, -0.05) is 5.16 Å². The molecule has 2 aromatic heterocycles. The molecule has 3 heterocycles. The summed E-state index contributed by atoms with van der Waals surface area (Å²) < 4.78 is 15.5. The van der Waals surface area contributed by atoms with E-state index in [2.05, 4.69) is 15.1 Å². The number of ether oxygens (including phenoxy) is 2. The summed E-state index contributed by atoms with van der Waals surface area (Å²) in [5.74, 6) is 1.14. The molecule has 0 radical (unpaired) electrons. The Bertz CT molecular complexity index is 701. The van der Waals surface area contributed by atoms with Gasteiger partial charge in [-0.2, -0.15) is 4.98 Å². The van der Waals surface area contributed by atoms with E-state index in [4.69, 9.17) is 14.0 Å². The first kappa shape index (κ1) is 17.5. The lowest BCUT2D eigenvalue weighted by molar-refractivity contribution is 0.0494. The minimum atomic E-state index is -0.0124. The number of hydrogen-bond donors (Lipinski definition) is 0. The highest BCUT2D eigenvalue weighted by atomic mass is 16.5. The van der Waals surface area contributed by atoms with Crippen LogP contribution in [0.2, 0.25) is 0 Å². The van der Waals surface area contributed by atoms with Gasteiger partial charge in [-0.3, -0.25) is 9.78 Å². The number of pyridine rings is 1. The Morgan fingerprint density at radius 1 is 1.40 bits per heavy atom. The molecular weight excluding hydrogens is 324 g/mol. The maximum atomic E-state index is 12.5. The van der Waals surface area contributed by atoms with Crippen LogP contribution in [0.5, 0.6) is 0 Å². The zero-order valence-corrected chi connectivity index (χ0v) is 14.5. The van der Waals surface area contributed by atoms with Gasteiger partial charge in [0.15, 0.2) is 5.82 Å². The van der Waals surface area contributed by atoms with Crippen LogP contribution in [0, 0.1) is 6.92 Å². The minimum Gasteiger partial charge on any atom is -0.382 e. The van der Waals surface area contributed by atoms with Gasteiger partial charge in [0.25, 0.3) is 11.8 Å². The van der Waals surface area contributed by atoms with Crippen molar-refractivity contribution >= 4 is 5.91 Å². The molecule has 0 saturated carbocycles. The van der Waals surface area contributed by atoms with Crippen LogP contribution in [0.1, 0.15) is 40.1 Å². The molecular formula is C17H22N4O4. The summed E-state index contributed by atoms with van der Waals surface area (Å²) >= 11 is 0. The van der Waals surface area contributed by atoms with Gasteiger partial charge in [0.1, 0.15) is 6.61 Å². The highest BCUT2D eigenvalue weighted by molar-refractivity contribution is 5.94. The van der Waals surface area contributed by atoms with Gasteiger partial charge in [0, 0.05) is 38.0 Å². The van der Waals surface area contributed by atoms with Gasteiger partial charge in [0.2, 0.25) is 0 Å². The summed E-state index contributed by atoms with van der Waals surface area (Å²) in [6.45, 7) is 4.41. The number of likely N-dealkylation sites (tertiary alicyclic amines) is 1. The second-order valence-electron chi connectivity index (χ2n) is 6.02. The number of hydrogen-bond acceptors (Lipinski definition) is 7. The van der Waals surface area contributed by atoms with Gasteiger partial charge >= 0.3 is 0 Å². The average Bonchev–Trinajstić information content (AvgIpc) is 3.28. The van der Waals surface area contributed by atoms with Crippen molar-refractivity contribution in [1.82, 2.24) is 20.0 Å². The van der Waals surface area contributed by atoms with Crippen molar-refractivity contribution in [2.24, 2.45) is 0 Å². The van der Waals surface area contributed by atoms with Crippen molar-refractivity contribution in [3.63, 3.8) is 0 Å². The third-order valence-corrected chi connectivity index (χ3v) is 4.14. The van der Waals surface area contributed by atoms with E-state index in [-0.39, 0.29) is 18.4 Å². The lowest BCUT2D eigenvalue weighted by atomic mass is 10.1. The summed E-state index contributed by atoms with van der Waals surface area (Å²) in [5, 5.41) is 4.03. The van der Waals surface area contributed by atoms with Crippen molar-refractivity contribution in [2.45, 2.75) is 25.9 Å². The largest absolute Gasteiger partial charge is 0.382 e. The number of carbonyl (C=O) groups is 1. The maximum Gasteiger partial charge on any atom is 0.255 e. The topological polar surface area (TPSA) is 90.6 Å². The maximum absolute atomic E-state index is 12.5. The van der Waals surface area contributed by atoms with E-state index in [1.807, 2.05) is 24.0 Å². The first-order valence-corrected chi connectivity index (χ1v) is 8.28. The van der Waals surface area contributed by atoms with Gasteiger partial charge in [-0.25, -0.2) is 0 Å². The molecule has 0 aliphatic carbocycles. The quantitative estimate of drug-likeness (QED) is 0.703. The Morgan fingerprint density at radius 3 is 3.04 bits per heavy atom. The van der Waals surface area contributed by atoms with E-state index >= 15 is 0 Å². The van der Waals surface area contributed by atoms with Gasteiger partial charge < -0.3 is 18.9 Å². The molecule has 0 bridgehead atoms. The number of aromatic nitrogens is 3. The predicted octanol–water partition coefficient (Wildman–Crippen LogP) is 1.57. The summed E-state index contributed by atoms with van der Waals surface area (Å²) in [6.07, 6.45) is 2.43. The number of carbonyl (C=O) groups excluding carboxylic acids is 1. The van der Waals surface area contributed by atoms with Crippen LogP contribution in [0.15, 0.2) is 22.9 Å². The Hall–Kier alpha value is -2.32. The van der Waals surface area contributed by atoms with E-state index in [1.165, 1.54) is 0 Å². The van der Waals surface area contributed by atoms with Crippen molar-refractivity contribution in [3.8, 4) is 0 Å². The zero-order valence-electron chi connectivity index (χ0n) is 14.5. The van der Waals surface area contributed by atoms with E-state index in [9.17, 15) is 4.79 Å². The van der Waals surface area contributed by atoms with Crippen molar-refractivity contribution < 1.29 is 18.8 Å². The molecule has 1 saturated heterocycles. The first-order chi connectivity index (χ1) is 12.2. The standard InChI is InChI=1S/C17H22N4O4/c1-12-3-4-13(9-18-12)17(22)21-6-5-14(10-21)16-19-15(25-20-16)11-24-8-7-23-2/h3-4,9,14H,5-8,10-11H2,1-2H3. The molecule has 1 amide bonds. The molecule has 1 atom stereocenters. The second-order valence-corrected chi connectivity index (χ2v) is 6.02. The Labute approximate surface area is 146 Å². The molecule has 0 aromatic carbocycles. The minimum absolute atomic E-state index is 0.0124. The fourth-order valence-corrected chi connectivity index (χ4v) is 2.73. The number of amides is 1. The van der Waals surface area contributed by atoms with Crippen LogP contribution in [0.3, 0.4) is 0 Å². The molecule has 1 fully saturated rings. The highest BCUT2D eigenvalue weighted by Gasteiger charge is 2.31. The van der Waals surface area contributed by atoms with Crippen LogP contribution in [0.4, 0.5) is 0 Å². The van der Waals surface area contributed by atoms with Gasteiger partial charge in [0.05, 0.1) is 18.8 Å². The molecule has 8 nitrogen and oxygen atoms in total. The molecule has 1 aliphatic heterocycles. The van der Waals surface area contributed by atoms with Crippen LogP contribution in [-0.4, -0.2) is 59.3 Å². The van der Waals surface area contributed by atoms with Crippen LogP contribution < -0.4 is 0 Å². The Kier molecular flexibility index (Phi) is 5.72. The number of aryl methyl sites for hydroxylation is 1. The normalized spacial score (nSPS) is 17.2. The van der Waals surface area contributed by atoms with Crippen LogP contribution >= 0.6 is 0 Å². The van der Waals surface area contributed by atoms with Gasteiger partial charge in [-0.15, -0.1) is 0 Å². The molecule has 134 valence electrons. The van der Waals surface area contributed by atoms with Crippen molar-refractivity contribution in [1.29, 1.82) is 0 Å². The van der Waals surface area contributed by atoms with Crippen LogP contribution in [-0.2, 0) is 16.1 Å². The molecule has 1 unspecified atom stereocenters. The lowest BCUT2D eigenvalue weighted by Crippen LogP contribution is -2.28. The molecule has 8 heteroatoms. The van der Waals surface area contributed by atoms with Crippen molar-refractivity contribution in [2.75, 3.05) is 33.4 Å². The lowest BCUT2D eigenvalue weighted by Gasteiger charge is -2.15. The predicted molar refractivity (Wildman–Crippen MR) is 88.1 cm³/mol. The average molecular weight is 346 g/mol. The molecule has 0 spiro atoms. The number of rotatable bonds is 7. The molecule has 2 aromatic rings. The first-order valence-electron chi connectivity index (χ1n) is 8.28. The summed E-state index contributed by atoms with van der Waals surface area (Å²) in [7, 11) is 1.62. The SMILES string of the molecule is COCCOCc1nc(C2CCN(C(=O)c3ccc(C)nc3)C2)no1. The fraction of sp³-hybridized carbons (Fsp3) is 0.529. The molecule has 25 heavy (non-hydrogen) atoms. The monoisotopic (exact) mass is 346 g/mol. The van der Waals surface area contributed by atoms with E-state index in [0.717, 1.165) is 12.1 Å². The highest BCUT2D eigenvalue weighted by Crippen LogP contribution is 2.26. The van der Waals surface area contributed by atoms with E-state index < -0.39 is 0 Å². The van der Waals surface area contributed by atoms with E-state index in [0.29, 0.717) is 43.6 Å². The Balaban J connectivity index is 1.55. The molecule has 3 rings (SSSR count). The summed E-state index contributed by atoms with van der Waals surface area (Å²) in [5.41, 5.74) is 1.49. The molecule has 1 aliphatic rings. The third kappa shape index (κ3) is 4.40. The summed E-state index contributed by atoms with van der Waals surface area (Å²) in [6, 6.07) is 3.65. The number of nitrogens with zero attached hydrogens (tertiary/aromatic N) is 4. The second kappa shape index (κ2) is 8.17. The van der Waals surface area contributed by atoms with E-state index in [1.54, 1.807) is 13.3 Å². The number of methoxy groups -OCH3 is 1.